The van der Waals surface area contributed by atoms with Gasteiger partial charge in [0.05, 0.1) is 0 Å². The first kappa shape index (κ1) is 14.0. The van der Waals surface area contributed by atoms with Gasteiger partial charge in [0.1, 0.15) is 0 Å². The Labute approximate surface area is 101 Å². The number of hydrogen-bond acceptors (Lipinski definition) is 2. The number of hydrogen-bond donors (Lipinski definition) is 1. The van der Waals surface area contributed by atoms with Crippen molar-refractivity contribution in [3.63, 3.8) is 0 Å². The fourth-order valence-electron chi connectivity index (χ4n) is 2.80. The molecule has 0 saturated heterocycles. The van der Waals surface area contributed by atoms with Crippen LogP contribution in [-0.2, 0) is 4.74 Å². The second-order valence-corrected chi connectivity index (χ2v) is 5.74. The maximum atomic E-state index is 6.45. The van der Waals surface area contributed by atoms with Crippen LogP contribution in [0.25, 0.3) is 0 Å². The van der Waals surface area contributed by atoms with E-state index in [4.69, 9.17) is 10.5 Å². The van der Waals surface area contributed by atoms with Gasteiger partial charge >= 0.3 is 0 Å². The first-order valence-electron chi connectivity index (χ1n) is 6.94. The lowest BCUT2D eigenvalue weighted by atomic mass is 9.72. The first-order chi connectivity index (χ1) is 7.57. The molecule has 0 aromatic carbocycles. The molecule has 0 aromatic rings. The van der Waals surface area contributed by atoms with E-state index in [1.165, 1.54) is 25.7 Å². The maximum Gasteiger partial charge on any atom is 0.0466 e. The summed E-state index contributed by atoms with van der Waals surface area (Å²) in [7, 11) is 0. The minimum atomic E-state index is 0.114. The van der Waals surface area contributed by atoms with E-state index in [1.54, 1.807) is 0 Å². The molecule has 0 heterocycles. The molecule has 1 saturated carbocycles. The van der Waals surface area contributed by atoms with Crippen molar-refractivity contribution >= 4 is 0 Å². The molecule has 0 aliphatic heterocycles. The monoisotopic (exact) mass is 227 g/mol. The van der Waals surface area contributed by atoms with Crippen LogP contribution in [0, 0.1) is 11.8 Å². The number of nitrogens with two attached hydrogens (primary N) is 1. The lowest BCUT2D eigenvalue weighted by molar-refractivity contribution is 0.125. The van der Waals surface area contributed by atoms with Gasteiger partial charge in [-0.1, -0.05) is 13.8 Å². The molecule has 0 atom stereocenters. The standard InChI is InChI=1S/C14H29NO/c1-4-16-11-5-8-14(15)9-6-13(7-10-14)12(2)3/h12-13H,4-11,15H2,1-3H3. The van der Waals surface area contributed by atoms with Gasteiger partial charge in [-0.05, 0) is 57.3 Å². The Morgan fingerprint density at radius 3 is 2.44 bits per heavy atom. The summed E-state index contributed by atoms with van der Waals surface area (Å²) in [6.45, 7) is 8.43. The average molecular weight is 227 g/mol. The largest absolute Gasteiger partial charge is 0.382 e. The van der Waals surface area contributed by atoms with Crippen LogP contribution in [-0.4, -0.2) is 18.8 Å². The van der Waals surface area contributed by atoms with Crippen LogP contribution in [0.1, 0.15) is 59.3 Å². The summed E-state index contributed by atoms with van der Waals surface area (Å²) in [5.41, 5.74) is 6.56. The Morgan fingerprint density at radius 2 is 1.94 bits per heavy atom. The zero-order valence-corrected chi connectivity index (χ0v) is 11.3. The summed E-state index contributed by atoms with van der Waals surface area (Å²) in [4.78, 5) is 0. The Morgan fingerprint density at radius 1 is 1.31 bits per heavy atom. The Hall–Kier alpha value is -0.0800. The Bertz CT molecular complexity index is 183. The fraction of sp³-hybridized carbons (Fsp3) is 1.00. The molecular weight excluding hydrogens is 198 g/mol. The second kappa shape index (κ2) is 6.61. The molecule has 96 valence electrons. The van der Waals surface area contributed by atoms with Gasteiger partial charge in [0.2, 0.25) is 0 Å². The normalized spacial score (nSPS) is 30.9. The predicted molar refractivity (Wildman–Crippen MR) is 69.4 cm³/mol. The summed E-state index contributed by atoms with van der Waals surface area (Å²) in [5, 5.41) is 0. The van der Waals surface area contributed by atoms with Gasteiger partial charge in [0.15, 0.2) is 0 Å². The minimum absolute atomic E-state index is 0.114. The maximum absolute atomic E-state index is 6.45. The van der Waals surface area contributed by atoms with Gasteiger partial charge in [-0.2, -0.15) is 0 Å². The summed E-state index contributed by atoms with van der Waals surface area (Å²) in [6.07, 6.45) is 7.32. The molecule has 0 aromatic heterocycles. The van der Waals surface area contributed by atoms with Crippen molar-refractivity contribution in [2.75, 3.05) is 13.2 Å². The highest BCUT2D eigenvalue weighted by Crippen LogP contribution is 2.36. The summed E-state index contributed by atoms with van der Waals surface area (Å²) < 4.78 is 5.37. The number of rotatable bonds is 6. The average Bonchev–Trinajstić information content (AvgIpc) is 2.25. The molecule has 2 N–H and O–H groups in total. The van der Waals surface area contributed by atoms with Crippen molar-refractivity contribution in [1.29, 1.82) is 0 Å². The molecule has 1 aliphatic rings. The van der Waals surface area contributed by atoms with Crippen LogP contribution in [0.5, 0.6) is 0 Å². The lowest BCUT2D eigenvalue weighted by Gasteiger charge is -2.38. The molecule has 0 bridgehead atoms. The number of ether oxygens (including phenoxy) is 1. The second-order valence-electron chi connectivity index (χ2n) is 5.74. The highest BCUT2D eigenvalue weighted by Gasteiger charge is 2.31. The predicted octanol–water partition coefficient (Wildman–Crippen LogP) is 3.35. The quantitative estimate of drug-likeness (QED) is 0.706. The topological polar surface area (TPSA) is 35.2 Å². The van der Waals surface area contributed by atoms with Crippen molar-refractivity contribution in [1.82, 2.24) is 0 Å². The molecule has 0 spiro atoms. The van der Waals surface area contributed by atoms with Crippen molar-refractivity contribution in [2.45, 2.75) is 64.8 Å². The first-order valence-corrected chi connectivity index (χ1v) is 6.94. The minimum Gasteiger partial charge on any atom is -0.382 e. The molecule has 1 aliphatic carbocycles. The van der Waals surface area contributed by atoms with Crippen LogP contribution in [0.15, 0.2) is 0 Å². The zero-order chi connectivity index (χ0) is 12.0. The van der Waals surface area contributed by atoms with Crippen molar-refractivity contribution in [3.8, 4) is 0 Å². The fourth-order valence-corrected chi connectivity index (χ4v) is 2.80. The summed E-state index contributed by atoms with van der Waals surface area (Å²) in [5.74, 6) is 1.73. The molecule has 16 heavy (non-hydrogen) atoms. The molecule has 0 unspecified atom stereocenters. The van der Waals surface area contributed by atoms with Gasteiger partial charge in [-0.15, -0.1) is 0 Å². The third-order valence-corrected chi connectivity index (χ3v) is 4.14. The summed E-state index contributed by atoms with van der Waals surface area (Å²) in [6, 6.07) is 0. The molecule has 2 heteroatoms. The van der Waals surface area contributed by atoms with Crippen LogP contribution >= 0.6 is 0 Å². The van der Waals surface area contributed by atoms with Crippen molar-refractivity contribution in [2.24, 2.45) is 17.6 Å². The van der Waals surface area contributed by atoms with E-state index in [2.05, 4.69) is 13.8 Å². The SMILES string of the molecule is CCOCCCC1(N)CCC(C(C)C)CC1. The van der Waals surface area contributed by atoms with Crippen molar-refractivity contribution < 1.29 is 4.74 Å². The van der Waals surface area contributed by atoms with Gasteiger partial charge in [-0.3, -0.25) is 0 Å². The van der Waals surface area contributed by atoms with E-state index in [-0.39, 0.29) is 5.54 Å². The zero-order valence-electron chi connectivity index (χ0n) is 11.3. The molecule has 0 amide bonds. The molecule has 1 rings (SSSR count). The van der Waals surface area contributed by atoms with Crippen LogP contribution < -0.4 is 5.73 Å². The van der Waals surface area contributed by atoms with E-state index < -0.39 is 0 Å². The van der Waals surface area contributed by atoms with E-state index in [0.29, 0.717) is 0 Å². The van der Waals surface area contributed by atoms with Crippen molar-refractivity contribution in [3.05, 3.63) is 0 Å². The molecule has 1 fully saturated rings. The lowest BCUT2D eigenvalue weighted by Crippen LogP contribution is -2.44. The molecule has 0 radical (unpaired) electrons. The Balaban J connectivity index is 2.21. The van der Waals surface area contributed by atoms with E-state index in [1.807, 2.05) is 6.92 Å². The van der Waals surface area contributed by atoms with Gasteiger partial charge in [-0.25, -0.2) is 0 Å². The molecular formula is C14H29NO. The summed E-state index contributed by atoms with van der Waals surface area (Å²) >= 11 is 0. The van der Waals surface area contributed by atoms with E-state index >= 15 is 0 Å². The third-order valence-electron chi connectivity index (χ3n) is 4.14. The highest BCUT2D eigenvalue weighted by molar-refractivity contribution is 4.90. The van der Waals surface area contributed by atoms with Crippen LogP contribution in [0.4, 0.5) is 0 Å². The van der Waals surface area contributed by atoms with Gasteiger partial charge in [0.25, 0.3) is 0 Å². The van der Waals surface area contributed by atoms with Gasteiger partial charge in [0, 0.05) is 18.8 Å². The van der Waals surface area contributed by atoms with E-state index in [9.17, 15) is 0 Å². The third kappa shape index (κ3) is 4.42. The van der Waals surface area contributed by atoms with Gasteiger partial charge < -0.3 is 10.5 Å². The van der Waals surface area contributed by atoms with Crippen LogP contribution in [0.3, 0.4) is 0 Å². The molecule has 2 nitrogen and oxygen atoms in total. The smallest absolute Gasteiger partial charge is 0.0466 e. The Kier molecular flexibility index (Phi) is 5.77. The van der Waals surface area contributed by atoms with E-state index in [0.717, 1.165) is 37.9 Å². The van der Waals surface area contributed by atoms with Crippen LogP contribution in [0.2, 0.25) is 0 Å². The highest BCUT2D eigenvalue weighted by atomic mass is 16.5.